The van der Waals surface area contributed by atoms with Crippen LogP contribution < -0.4 is 10.1 Å². The standard InChI is InChI=1S/C18H26N2O3/c1-14-6-7-15(2)16(13-14)23-12-8-17(21)19-9-4-11-20-10-3-5-18(20)22/h6-7,13H,3-5,8-12H2,1-2H3,(H,19,21). The first kappa shape index (κ1) is 17.3. The first-order chi connectivity index (χ1) is 11.1. The molecular weight excluding hydrogens is 292 g/mol. The van der Waals surface area contributed by atoms with Gasteiger partial charge in [0.15, 0.2) is 0 Å². The Morgan fingerprint density at radius 3 is 2.91 bits per heavy atom. The summed E-state index contributed by atoms with van der Waals surface area (Å²) in [6.45, 7) is 6.58. The Bertz CT molecular complexity index is 557. The van der Waals surface area contributed by atoms with E-state index in [2.05, 4.69) is 5.32 Å². The van der Waals surface area contributed by atoms with Crippen molar-refractivity contribution >= 4 is 11.8 Å². The molecule has 1 saturated heterocycles. The van der Waals surface area contributed by atoms with Gasteiger partial charge >= 0.3 is 0 Å². The van der Waals surface area contributed by atoms with Crippen LogP contribution in [0.1, 0.15) is 36.8 Å². The third kappa shape index (κ3) is 5.58. The molecule has 1 heterocycles. The van der Waals surface area contributed by atoms with Crippen molar-refractivity contribution in [3.63, 3.8) is 0 Å². The van der Waals surface area contributed by atoms with E-state index in [1.54, 1.807) is 0 Å². The van der Waals surface area contributed by atoms with E-state index in [-0.39, 0.29) is 11.8 Å². The third-order valence-corrected chi connectivity index (χ3v) is 4.03. The van der Waals surface area contributed by atoms with Crippen LogP contribution >= 0.6 is 0 Å². The van der Waals surface area contributed by atoms with Crippen LogP contribution in [0.5, 0.6) is 5.75 Å². The molecule has 1 aliphatic heterocycles. The van der Waals surface area contributed by atoms with E-state index in [1.807, 2.05) is 36.9 Å². The lowest BCUT2D eigenvalue weighted by molar-refractivity contribution is -0.127. The van der Waals surface area contributed by atoms with E-state index in [1.165, 1.54) is 0 Å². The molecule has 0 atom stereocenters. The molecule has 0 saturated carbocycles. The number of carbonyl (C=O) groups excluding carboxylic acids is 2. The van der Waals surface area contributed by atoms with Gasteiger partial charge in [0.2, 0.25) is 11.8 Å². The minimum Gasteiger partial charge on any atom is -0.493 e. The van der Waals surface area contributed by atoms with E-state index in [0.717, 1.165) is 42.8 Å². The third-order valence-electron chi connectivity index (χ3n) is 4.03. The molecule has 23 heavy (non-hydrogen) atoms. The molecular formula is C18H26N2O3. The molecule has 5 heteroatoms. The Morgan fingerprint density at radius 2 is 2.17 bits per heavy atom. The predicted octanol–water partition coefficient (Wildman–Crippen LogP) is 2.20. The summed E-state index contributed by atoms with van der Waals surface area (Å²) in [7, 11) is 0. The summed E-state index contributed by atoms with van der Waals surface area (Å²) in [5.74, 6) is 1.06. The van der Waals surface area contributed by atoms with E-state index in [4.69, 9.17) is 4.74 Å². The number of nitrogens with one attached hydrogen (secondary N) is 1. The average Bonchev–Trinajstić information content (AvgIpc) is 2.92. The zero-order valence-corrected chi connectivity index (χ0v) is 14.1. The van der Waals surface area contributed by atoms with Crippen LogP contribution in [0.4, 0.5) is 0 Å². The molecule has 2 rings (SSSR count). The number of rotatable bonds is 8. The monoisotopic (exact) mass is 318 g/mol. The lowest BCUT2D eigenvalue weighted by Gasteiger charge is -2.15. The predicted molar refractivity (Wildman–Crippen MR) is 89.5 cm³/mol. The van der Waals surface area contributed by atoms with Crippen molar-refractivity contribution in [1.29, 1.82) is 0 Å². The smallest absolute Gasteiger partial charge is 0.223 e. The maximum absolute atomic E-state index is 11.8. The second kappa shape index (κ2) is 8.56. The SMILES string of the molecule is Cc1ccc(C)c(OCCC(=O)NCCCN2CCCC2=O)c1. The molecule has 0 aromatic heterocycles. The van der Waals surface area contributed by atoms with Crippen LogP contribution in [0, 0.1) is 13.8 Å². The topological polar surface area (TPSA) is 58.6 Å². The molecule has 0 bridgehead atoms. The molecule has 0 radical (unpaired) electrons. The van der Waals surface area contributed by atoms with Gasteiger partial charge in [-0.1, -0.05) is 12.1 Å². The van der Waals surface area contributed by atoms with Crippen molar-refractivity contribution in [3.05, 3.63) is 29.3 Å². The van der Waals surface area contributed by atoms with Gasteiger partial charge in [0, 0.05) is 26.1 Å². The van der Waals surface area contributed by atoms with Crippen LogP contribution in [0.15, 0.2) is 18.2 Å². The molecule has 126 valence electrons. The van der Waals surface area contributed by atoms with Crippen LogP contribution in [0.2, 0.25) is 0 Å². The van der Waals surface area contributed by atoms with Gasteiger partial charge in [-0.2, -0.15) is 0 Å². The number of ether oxygens (including phenoxy) is 1. The van der Waals surface area contributed by atoms with Crippen LogP contribution in [-0.4, -0.2) is 43.0 Å². The minimum absolute atomic E-state index is 0.0111. The van der Waals surface area contributed by atoms with Crippen molar-refractivity contribution in [2.24, 2.45) is 0 Å². The molecule has 2 amide bonds. The Hall–Kier alpha value is -2.04. The summed E-state index contributed by atoms with van der Waals surface area (Å²) in [5, 5.41) is 2.88. The zero-order valence-electron chi connectivity index (χ0n) is 14.1. The number of nitrogens with zero attached hydrogens (tertiary/aromatic N) is 1. The van der Waals surface area contributed by atoms with Gasteiger partial charge in [0.1, 0.15) is 5.75 Å². The lowest BCUT2D eigenvalue weighted by Crippen LogP contribution is -2.31. The highest BCUT2D eigenvalue weighted by molar-refractivity contribution is 5.78. The van der Waals surface area contributed by atoms with Crippen molar-refractivity contribution in [1.82, 2.24) is 10.2 Å². The first-order valence-electron chi connectivity index (χ1n) is 8.31. The maximum atomic E-state index is 11.8. The van der Waals surface area contributed by atoms with Gasteiger partial charge in [-0.25, -0.2) is 0 Å². The van der Waals surface area contributed by atoms with E-state index < -0.39 is 0 Å². The lowest BCUT2D eigenvalue weighted by atomic mass is 10.1. The number of benzene rings is 1. The number of hydrogen-bond acceptors (Lipinski definition) is 3. The fraction of sp³-hybridized carbons (Fsp3) is 0.556. The van der Waals surface area contributed by atoms with E-state index in [9.17, 15) is 9.59 Å². The van der Waals surface area contributed by atoms with Crippen LogP contribution in [0.3, 0.4) is 0 Å². The average molecular weight is 318 g/mol. The zero-order chi connectivity index (χ0) is 16.7. The number of carbonyl (C=O) groups is 2. The Morgan fingerprint density at radius 1 is 1.35 bits per heavy atom. The first-order valence-corrected chi connectivity index (χ1v) is 8.31. The Balaban J connectivity index is 1.58. The largest absolute Gasteiger partial charge is 0.493 e. The Labute approximate surface area is 138 Å². The highest BCUT2D eigenvalue weighted by Crippen LogP contribution is 2.19. The fourth-order valence-corrected chi connectivity index (χ4v) is 2.64. The molecule has 1 fully saturated rings. The van der Waals surface area contributed by atoms with Crippen molar-refractivity contribution < 1.29 is 14.3 Å². The molecule has 1 aromatic rings. The van der Waals surface area contributed by atoms with Gasteiger partial charge in [-0.3, -0.25) is 9.59 Å². The van der Waals surface area contributed by atoms with E-state index in [0.29, 0.717) is 26.0 Å². The van der Waals surface area contributed by atoms with Crippen LogP contribution in [0.25, 0.3) is 0 Å². The fourth-order valence-electron chi connectivity index (χ4n) is 2.64. The number of aryl methyl sites for hydroxylation is 2. The minimum atomic E-state index is -0.0111. The normalized spacial score (nSPS) is 14.2. The van der Waals surface area contributed by atoms with Crippen molar-refractivity contribution in [3.8, 4) is 5.75 Å². The van der Waals surface area contributed by atoms with E-state index >= 15 is 0 Å². The van der Waals surface area contributed by atoms with Gasteiger partial charge in [0.05, 0.1) is 13.0 Å². The van der Waals surface area contributed by atoms with Gasteiger partial charge in [-0.05, 0) is 43.9 Å². The molecule has 1 N–H and O–H groups in total. The molecule has 1 aromatic carbocycles. The molecule has 0 unspecified atom stereocenters. The van der Waals surface area contributed by atoms with Crippen LogP contribution in [-0.2, 0) is 9.59 Å². The summed E-state index contributed by atoms with van der Waals surface area (Å²) < 4.78 is 5.68. The summed E-state index contributed by atoms with van der Waals surface area (Å²) in [6.07, 6.45) is 2.77. The molecule has 5 nitrogen and oxygen atoms in total. The number of likely N-dealkylation sites (tertiary alicyclic amines) is 1. The summed E-state index contributed by atoms with van der Waals surface area (Å²) in [5.41, 5.74) is 2.22. The van der Waals surface area contributed by atoms with Crippen molar-refractivity contribution in [2.75, 3.05) is 26.2 Å². The molecule has 0 aliphatic carbocycles. The Kier molecular flexibility index (Phi) is 6.44. The quantitative estimate of drug-likeness (QED) is 0.748. The van der Waals surface area contributed by atoms with Gasteiger partial charge in [-0.15, -0.1) is 0 Å². The number of amides is 2. The van der Waals surface area contributed by atoms with Gasteiger partial charge < -0.3 is 15.0 Å². The maximum Gasteiger partial charge on any atom is 0.223 e. The molecule has 1 aliphatic rings. The molecule has 0 spiro atoms. The van der Waals surface area contributed by atoms with Crippen molar-refractivity contribution in [2.45, 2.75) is 39.5 Å². The summed E-state index contributed by atoms with van der Waals surface area (Å²) >= 11 is 0. The second-order valence-electron chi connectivity index (χ2n) is 6.06. The number of hydrogen-bond donors (Lipinski definition) is 1. The summed E-state index contributed by atoms with van der Waals surface area (Å²) in [6, 6.07) is 6.05. The highest BCUT2D eigenvalue weighted by Gasteiger charge is 2.18. The highest BCUT2D eigenvalue weighted by atomic mass is 16.5. The van der Waals surface area contributed by atoms with Gasteiger partial charge in [0.25, 0.3) is 0 Å². The summed E-state index contributed by atoms with van der Waals surface area (Å²) in [4.78, 5) is 25.1. The second-order valence-corrected chi connectivity index (χ2v) is 6.06.